The highest BCUT2D eigenvalue weighted by Crippen LogP contribution is 2.21. The average molecular weight is 272 g/mol. The van der Waals surface area contributed by atoms with Crippen LogP contribution in [-0.2, 0) is 0 Å². The quantitative estimate of drug-likeness (QED) is 0.769. The first kappa shape index (κ1) is 10.6. The minimum atomic E-state index is -0.464. The van der Waals surface area contributed by atoms with Gasteiger partial charge in [0.2, 0.25) is 0 Å². The predicted molar refractivity (Wildman–Crippen MR) is 59.2 cm³/mol. The number of hydrogen-bond donors (Lipinski definition) is 0. The summed E-state index contributed by atoms with van der Waals surface area (Å²) in [5.41, 5.74) is 0.158. The van der Waals surface area contributed by atoms with Crippen molar-refractivity contribution in [2.24, 2.45) is 5.92 Å². The fourth-order valence-electron chi connectivity index (χ4n) is 1.70. The Morgan fingerprint density at radius 3 is 2.73 bits per heavy atom. The van der Waals surface area contributed by atoms with Crippen molar-refractivity contribution in [1.29, 1.82) is 0 Å². The maximum absolute atomic E-state index is 13.4. The summed E-state index contributed by atoms with van der Waals surface area (Å²) in [5, 5.41) is 0. The summed E-state index contributed by atoms with van der Waals surface area (Å²) < 4.78 is 14.1. The van der Waals surface area contributed by atoms with E-state index < -0.39 is 5.82 Å². The van der Waals surface area contributed by atoms with Crippen LogP contribution in [0.5, 0.6) is 0 Å². The Bertz CT molecular complexity index is 402. The summed E-state index contributed by atoms with van der Waals surface area (Å²) in [7, 11) is 0. The van der Waals surface area contributed by atoms with E-state index in [9.17, 15) is 9.18 Å². The molecule has 1 amide bonds. The van der Waals surface area contributed by atoms with Crippen LogP contribution in [0.4, 0.5) is 4.39 Å². The summed E-state index contributed by atoms with van der Waals surface area (Å²) in [6.45, 7) is 3.53. The third-order valence-corrected chi connectivity index (χ3v) is 3.01. The van der Waals surface area contributed by atoms with E-state index in [2.05, 4.69) is 22.9 Å². The number of carbonyl (C=O) groups excluding carboxylic acids is 1. The van der Waals surface area contributed by atoms with Crippen LogP contribution in [0.25, 0.3) is 0 Å². The van der Waals surface area contributed by atoms with Crippen LogP contribution in [0.1, 0.15) is 17.3 Å². The molecule has 0 radical (unpaired) electrons. The van der Waals surface area contributed by atoms with Crippen LogP contribution in [0.2, 0.25) is 0 Å². The monoisotopic (exact) mass is 271 g/mol. The number of rotatable bonds is 1. The van der Waals surface area contributed by atoms with Gasteiger partial charge in [-0.25, -0.2) is 4.39 Å². The Kier molecular flexibility index (Phi) is 2.78. The SMILES string of the molecule is CC1CN(C(=O)c2ccc(Br)cc2F)C1. The maximum Gasteiger partial charge on any atom is 0.256 e. The van der Waals surface area contributed by atoms with E-state index in [4.69, 9.17) is 0 Å². The first-order chi connectivity index (χ1) is 7.08. The minimum absolute atomic E-state index is 0.158. The van der Waals surface area contributed by atoms with E-state index in [0.29, 0.717) is 10.4 Å². The van der Waals surface area contributed by atoms with Gasteiger partial charge in [0.15, 0.2) is 0 Å². The van der Waals surface area contributed by atoms with Crippen molar-refractivity contribution in [3.63, 3.8) is 0 Å². The van der Waals surface area contributed by atoms with Gasteiger partial charge >= 0.3 is 0 Å². The summed E-state index contributed by atoms with van der Waals surface area (Å²) in [6, 6.07) is 4.51. The number of hydrogen-bond acceptors (Lipinski definition) is 1. The van der Waals surface area contributed by atoms with Crippen LogP contribution in [-0.4, -0.2) is 23.9 Å². The molecule has 1 saturated heterocycles. The van der Waals surface area contributed by atoms with E-state index in [-0.39, 0.29) is 11.5 Å². The number of carbonyl (C=O) groups is 1. The molecule has 0 unspecified atom stereocenters. The molecule has 1 aromatic rings. The number of amides is 1. The zero-order valence-electron chi connectivity index (χ0n) is 8.34. The molecule has 0 N–H and O–H groups in total. The molecular weight excluding hydrogens is 261 g/mol. The second-order valence-electron chi connectivity index (χ2n) is 3.94. The van der Waals surface area contributed by atoms with Gasteiger partial charge in [-0.2, -0.15) is 0 Å². The summed E-state index contributed by atoms with van der Waals surface area (Å²) >= 11 is 3.16. The number of benzene rings is 1. The molecule has 0 saturated carbocycles. The van der Waals surface area contributed by atoms with Gasteiger partial charge in [0.1, 0.15) is 5.82 Å². The average Bonchev–Trinajstić information content (AvgIpc) is 2.12. The molecule has 0 bridgehead atoms. The van der Waals surface area contributed by atoms with E-state index in [0.717, 1.165) is 13.1 Å². The van der Waals surface area contributed by atoms with Crippen LogP contribution in [0, 0.1) is 11.7 Å². The van der Waals surface area contributed by atoms with Gasteiger partial charge in [-0.3, -0.25) is 4.79 Å². The van der Waals surface area contributed by atoms with Gasteiger partial charge in [-0.1, -0.05) is 22.9 Å². The molecular formula is C11H11BrFNO. The molecule has 1 heterocycles. The lowest BCUT2D eigenvalue weighted by molar-refractivity contribution is 0.0525. The van der Waals surface area contributed by atoms with Crippen molar-refractivity contribution in [3.8, 4) is 0 Å². The Morgan fingerprint density at radius 1 is 1.53 bits per heavy atom. The van der Waals surface area contributed by atoms with Gasteiger partial charge < -0.3 is 4.90 Å². The number of nitrogens with zero attached hydrogens (tertiary/aromatic N) is 1. The van der Waals surface area contributed by atoms with E-state index >= 15 is 0 Å². The summed E-state index contributed by atoms with van der Waals surface area (Å²) in [4.78, 5) is 13.4. The first-order valence-electron chi connectivity index (χ1n) is 4.82. The molecule has 0 atom stereocenters. The summed E-state index contributed by atoms with van der Waals surface area (Å²) in [5.74, 6) is -0.139. The van der Waals surface area contributed by atoms with Gasteiger partial charge in [-0.15, -0.1) is 0 Å². The second kappa shape index (κ2) is 3.93. The number of halogens is 2. The zero-order valence-corrected chi connectivity index (χ0v) is 9.92. The molecule has 2 nitrogen and oxygen atoms in total. The Labute approximate surface area is 96.2 Å². The lowest BCUT2D eigenvalue weighted by Crippen LogP contribution is -2.48. The fraction of sp³-hybridized carbons (Fsp3) is 0.364. The van der Waals surface area contributed by atoms with Gasteiger partial charge in [0.05, 0.1) is 5.56 Å². The van der Waals surface area contributed by atoms with Gasteiger partial charge in [-0.05, 0) is 24.1 Å². The molecule has 1 aliphatic heterocycles. The number of likely N-dealkylation sites (tertiary alicyclic amines) is 1. The highest BCUT2D eigenvalue weighted by atomic mass is 79.9. The Balaban J connectivity index is 2.19. The van der Waals surface area contributed by atoms with Crippen LogP contribution in [0.15, 0.2) is 22.7 Å². The molecule has 0 spiro atoms. The van der Waals surface area contributed by atoms with Crippen molar-refractivity contribution < 1.29 is 9.18 Å². The van der Waals surface area contributed by atoms with E-state index in [1.807, 2.05) is 0 Å². The first-order valence-corrected chi connectivity index (χ1v) is 5.61. The second-order valence-corrected chi connectivity index (χ2v) is 4.86. The standard InChI is InChI=1S/C11H11BrFNO/c1-7-5-14(6-7)11(15)9-3-2-8(12)4-10(9)13/h2-4,7H,5-6H2,1H3. The predicted octanol–water partition coefficient (Wildman–Crippen LogP) is 2.68. The molecule has 80 valence electrons. The van der Waals surface area contributed by atoms with Crippen LogP contribution >= 0.6 is 15.9 Å². The molecule has 0 aliphatic carbocycles. The Morgan fingerprint density at radius 2 is 2.20 bits per heavy atom. The van der Waals surface area contributed by atoms with Gasteiger partial charge in [0.25, 0.3) is 5.91 Å². The van der Waals surface area contributed by atoms with Crippen molar-refractivity contribution >= 4 is 21.8 Å². The van der Waals surface area contributed by atoms with Gasteiger partial charge in [0, 0.05) is 17.6 Å². The van der Waals surface area contributed by atoms with Crippen molar-refractivity contribution in [2.45, 2.75) is 6.92 Å². The van der Waals surface area contributed by atoms with Crippen molar-refractivity contribution in [2.75, 3.05) is 13.1 Å². The van der Waals surface area contributed by atoms with E-state index in [1.165, 1.54) is 12.1 Å². The zero-order chi connectivity index (χ0) is 11.0. The molecule has 1 fully saturated rings. The van der Waals surface area contributed by atoms with E-state index in [1.54, 1.807) is 11.0 Å². The van der Waals surface area contributed by atoms with Crippen molar-refractivity contribution in [1.82, 2.24) is 4.90 Å². The minimum Gasteiger partial charge on any atom is -0.338 e. The highest BCUT2D eigenvalue weighted by molar-refractivity contribution is 9.10. The van der Waals surface area contributed by atoms with Crippen LogP contribution in [0.3, 0.4) is 0 Å². The molecule has 15 heavy (non-hydrogen) atoms. The van der Waals surface area contributed by atoms with Crippen LogP contribution < -0.4 is 0 Å². The normalized spacial score (nSPS) is 16.3. The largest absolute Gasteiger partial charge is 0.338 e. The lowest BCUT2D eigenvalue weighted by atomic mass is 10.0. The third-order valence-electron chi connectivity index (χ3n) is 2.51. The smallest absolute Gasteiger partial charge is 0.256 e. The topological polar surface area (TPSA) is 20.3 Å². The molecule has 1 aromatic carbocycles. The maximum atomic E-state index is 13.4. The lowest BCUT2D eigenvalue weighted by Gasteiger charge is -2.37. The third kappa shape index (κ3) is 2.04. The molecule has 4 heteroatoms. The van der Waals surface area contributed by atoms with Crippen molar-refractivity contribution in [3.05, 3.63) is 34.1 Å². The highest BCUT2D eigenvalue weighted by Gasteiger charge is 2.29. The molecule has 1 aliphatic rings. The fourth-order valence-corrected chi connectivity index (χ4v) is 2.03. The summed E-state index contributed by atoms with van der Waals surface area (Å²) in [6.07, 6.45) is 0. The molecule has 2 rings (SSSR count). The molecule has 0 aromatic heterocycles. The Hall–Kier alpha value is -0.900.